The summed E-state index contributed by atoms with van der Waals surface area (Å²) in [6.07, 6.45) is 7.08. The molecule has 0 aliphatic rings. The van der Waals surface area contributed by atoms with Gasteiger partial charge >= 0.3 is 0 Å². The van der Waals surface area contributed by atoms with Crippen LogP contribution in [0.5, 0.6) is 0 Å². The zero-order chi connectivity index (χ0) is 21.0. The number of fused-ring (bicyclic) bond motifs is 1. The van der Waals surface area contributed by atoms with Crippen LogP contribution in [0.15, 0.2) is 42.6 Å². The lowest BCUT2D eigenvalue weighted by molar-refractivity contribution is -0.114. The number of aromatic nitrogens is 3. The van der Waals surface area contributed by atoms with Gasteiger partial charge in [0.05, 0.1) is 17.0 Å². The molecule has 1 N–H and O–H groups in total. The lowest BCUT2D eigenvalue weighted by Crippen LogP contribution is -2.31. The Bertz CT molecular complexity index is 1160. The van der Waals surface area contributed by atoms with Crippen molar-refractivity contribution in [2.24, 2.45) is 7.05 Å². The number of rotatable bonds is 8. The van der Waals surface area contributed by atoms with Gasteiger partial charge in [-0.3, -0.25) is 9.48 Å². The number of carbonyl (C=O) groups is 1. The lowest BCUT2D eigenvalue weighted by Gasteiger charge is -2.08. The minimum Gasteiger partial charge on any atom is -0.301 e. The van der Waals surface area contributed by atoms with Gasteiger partial charge in [-0.05, 0) is 36.9 Å². The summed E-state index contributed by atoms with van der Waals surface area (Å²) in [6, 6.07) is 10.0. The zero-order valence-electron chi connectivity index (χ0n) is 16.9. The third kappa shape index (κ3) is 4.76. The Balaban J connectivity index is 1.86. The Morgan fingerprint density at radius 2 is 1.97 bits per heavy atom. The number of nitrogens with one attached hydrogen (secondary N) is 1. The highest BCUT2D eigenvalue weighted by Gasteiger charge is 2.16. The minimum absolute atomic E-state index is 0.0487. The van der Waals surface area contributed by atoms with Crippen LogP contribution in [0.4, 0.5) is 0 Å². The summed E-state index contributed by atoms with van der Waals surface area (Å²) >= 11 is 0. The molecule has 2 heterocycles. The van der Waals surface area contributed by atoms with Crippen molar-refractivity contribution >= 4 is 32.9 Å². The minimum atomic E-state index is -3.62. The van der Waals surface area contributed by atoms with Gasteiger partial charge in [-0.1, -0.05) is 38.0 Å². The summed E-state index contributed by atoms with van der Waals surface area (Å²) in [5.74, 6) is 0.0964. The first-order valence-corrected chi connectivity index (χ1v) is 11.3. The van der Waals surface area contributed by atoms with E-state index in [2.05, 4.69) is 9.82 Å². The van der Waals surface area contributed by atoms with Gasteiger partial charge in [0.2, 0.25) is 10.0 Å². The van der Waals surface area contributed by atoms with Crippen molar-refractivity contribution in [2.75, 3.05) is 5.75 Å². The topological polar surface area (TPSA) is 86.0 Å². The van der Waals surface area contributed by atoms with Gasteiger partial charge in [0, 0.05) is 24.9 Å². The maximum absolute atomic E-state index is 12.2. The summed E-state index contributed by atoms with van der Waals surface area (Å²) in [5.41, 5.74) is 2.52. The number of para-hydroxylation sites is 1. The Morgan fingerprint density at radius 1 is 1.21 bits per heavy atom. The quantitative estimate of drug-likeness (QED) is 0.453. The molecular weight excluding hydrogens is 388 g/mol. The van der Waals surface area contributed by atoms with E-state index < -0.39 is 15.9 Å². The van der Waals surface area contributed by atoms with Crippen LogP contribution in [0.1, 0.15) is 37.4 Å². The Kier molecular flexibility index (Phi) is 6.22. The molecule has 1 aromatic carbocycles. The van der Waals surface area contributed by atoms with E-state index in [0.29, 0.717) is 6.42 Å². The highest BCUT2D eigenvalue weighted by molar-refractivity contribution is 7.90. The first kappa shape index (κ1) is 20.9. The Labute approximate surface area is 171 Å². The van der Waals surface area contributed by atoms with Crippen LogP contribution in [0.3, 0.4) is 0 Å². The van der Waals surface area contributed by atoms with Crippen LogP contribution < -0.4 is 4.72 Å². The molecule has 29 heavy (non-hydrogen) atoms. The normalized spacial score (nSPS) is 12.1. The summed E-state index contributed by atoms with van der Waals surface area (Å²) in [6.45, 7) is 3.85. The number of benzene rings is 1. The second-order valence-electron chi connectivity index (χ2n) is 7.02. The molecule has 0 fully saturated rings. The molecule has 0 saturated heterocycles. The predicted molar refractivity (Wildman–Crippen MR) is 115 cm³/mol. The van der Waals surface area contributed by atoms with Crippen molar-refractivity contribution in [3.63, 3.8) is 0 Å². The van der Waals surface area contributed by atoms with Crippen LogP contribution in [0.25, 0.3) is 22.8 Å². The molecule has 0 atom stereocenters. The summed E-state index contributed by atoms with van der Waals surface area (Å²) in [4.78, 5) is 12.2. The van der Waals surface area contributed by atoms with Gasteiger partial charge < -0.3 is 4.57 Å². The molecule has 0 spiro atoms. The Hall–Kier alpha value is -2.87. The fourth-order valence-corrected chi connectivity index (χ4v) is 4.41. The maximum Gasteiger partial charge on any atom is 0.257 e. The first-order chi connectivity index (χ1) is 13.8. The molecule has 7 nitrogen and oxygen atoms in total. The molecule has 3 rings (SSSR count). The van der Waals surface area contributed by atoms with E-state index >= 15 is 0 Å². The van der Waals surface area contributed by atoms with E-state index in [4.69, 9.17) is 0 Å². The molecule has 0 aliphatic carbocycles. The van der Waals surface area contributed by atoms with Crippen LogP contribution in [0.2, 0.25) is 0 Å². The number of hydrogen-bond donors (Lipinski definition) is 1. The highest BCUT2D eigenvalue weighted by atomic mass is 32.2. The van der Waals surface area contributed by atoms with Crippen LogP contribution in [-0.4, -0.2) is 34.4 Å². The van der Waals surface area contributed by atoms with Gasteiger partial charge in [0.1, 0.15) is 5.82 Å². The predicted octanol–water partition coefficient (Wildman–Crippen LogP) is 3.32. The number of carbonyl (C=O) groups excluding carboxylic acids is 1. The maximum atomic E-state index is 12.2. The van der Waals surface area contributed by atoms with Crippen LogP contribution >= 0.6 is 0 Å². The lowest BCUT2D eigenvalue weighted by atomic mass is 10.2. The molecule has 154 valence electrons. The molecule has 3 aromatic rings. The number of unbranched alkanes of at least 4 members (excludes halogenated alkanes) is 2. The van der Waals surface area contributed by atoms with Crippen LogP contribution in [0, 0.1) is 6.92 Å². The van der Waals surface area contributed by atoms with Gasteiger partial charge in [-0.15, -0.1) is 0 Å². The van der Waals surface area contributed by atoms with Gasteiger partial charge in [0.15, 0.2) is 0 Å². The third-order valence-electron chi connectivity index (χ3n) is 4.74. The van der Waals surface area contributed by atoms with Crippen molar-refractivity contribution in [2.45, 2.75) is 33.1 Å². The first-order valence-electron chi connectivity index (χ1n) is 9.65. The third-order valence-corrected chi connectivity index (χ3v) is 6.08. The van der Waals surface area contributed by atoms with E-state index in [1.165, 1.54) is 6.08 Å². The van der Waals surface area contributed by atoms with E-state index in [1.807, 2.05) is 62.0 Å². The summed E-state index contributed by atoms with van der Waals surface area (Å²) in [5, 5.41) is 5.57. The monoisotopic (exact) mass is 414 g/mol. The molecule has 1 amide bonds. The fraction of sp³-hybridized carbons (Fsp3) is 0.333. The average molecular weight is 415 g/mol. The molecule has 0 aliphatic heterocycles. The molecule has 8 heteroatoms. The zero-order valence-corrected chi connectivity index (χ0v) is 17.7. The number of amides is 1. The second kappa shape index (κ2) is 8.65. The number of sulfonamides is 1. The summed E-state index contributed by atoms with van der Waals surface area (Å²) in [7, 11) is -1.78. The SMILES string of the molecule is CCCCCS(=O)(=O)NC(=O)/C=C/c1c(C)nn(C)c1-n1ccc2ccccc21. The molecule has 0 saturated carbocycles. The van der Waals surface area contributed by atoms with Crippen LogP contribution in [-0.2, 0) is 21.9 Å². The van der Waals surface area contributed by atoms with Crippen molar-refractivity contribution in [1.29, 1.82) is 0 Å². The molecule has 0 unspecified atom stereocenters. The van der Waals surface area contributed by atoms with Crippen molar-refractivity contribution < 1.29 is 13.2 Å². The number of aryl methyl sites for hydroxylation is 2. The van der Waals surface area contributed by atoms with Gasteiger partial charge in [-0.25, -0.2) is 13.1 Å². The van der Waals surface area contributed by atoms with Crippen molar-refractivity contribution in [1.82, 2.24) is 19.1 Å². The van der Waals surface area contributed by atoms with Crippen molar-refractivity contribution in [3.05, 3.63) is 53.9 Å². The second-order valence-corrected chi connectivity index (χ2v) is 8.86. The average Bonchev–Trinajstić information content (AvgIpc) is 3.19. The molecule has 0 radical (unpaired) electrons. The number of hydrogen-bond acceptors (Lipinski definition) is 4. The highest BCUT2D eigenvalue weighted by Crippen LogP contribution is 2.25. The smallest absolute Gasteiger partial charge is 0.257 e. The number of nitrogens with zero attached hydrogens (tertiary/aromatic N) is 3. The van der Waals surface area contributed by atoms with Gasteiger partial charge in [0.25, 0.3) is 5.91 Å². The van der Waals surface area contributed by atoms with E-state index in [9.17, 15) is 13.2 Å². The van der Waals surface area contributed by atoms with E-state index in [-0.39, 0.29) is 5.75 Å². The Morgan fingerprint density at radius 3 is 2.72 bits per heavy atom. The fourth-order valence-electron chi connectivity index (χ4n) is 3.35. The summed E-state index contributed by atoms with van der Waals surface area (Å²) < 4.78 is 29.9. The van der Waals surface area contributed by atoms with E-state index in [1.54, 1.807) is 10.8 Å². The standard InChI is InChI=1S/C21H26N4O3S/c1-4-5-8-15-29(27,28)23-20(26)12-11-18-16(2)22-24(3)21(18)25-14-13-17-9-6-7-10-19(17)25/h6-7,9-14H,4-5,8,15H2,1-3H3,(H,23,26)/b12-11+. The van der Waals surface area contributed by atoms with Gasteiger partial charge in [-0.2, -0.15) is 5.10 Å². The van der Waals surface area contributed by atoms with E-state index in [0.717, 1.165) is 40.8 Å². The molecular formula is C21H26N4O3S. The van der Waals surface area contributed by atoms with Crippen molar-refractivity contribution in [3.8, 4) is 5.82 Å². The molecule has 2 aromatic heterocycles. The molecule has 0 bridgehead atoms. The largest absolute Gasteiger partial charge is 0.301 e.